The number of anilines is 1. The van der Waals surface area contributed by atoms with E-state index in [9.17, 15) is 14.9 Å². The van der Waals surface area contributed by atoms with Gasteiger partial charge in [0.2, 0.25) is 5.91 Å². The molecule has 154 valence electrons. The summed E-state index contributed by atoms with van der Waals surface area (Å²) < 4.78 is 0. The molecule has 28 heavy (non-hydrogen) atoms. The van der Waals surface area contributed by atoms with Crippen molar-refractivity contribution < 1.29 is 14.6 Å². The van der Waals surface area contributed by atoms with Crippen molar-refractivity contribution in [3.8, 4) is 0 Å². The standard InChI is InChI=1S/C21H32N4O3/c1-17-7-4-5-13-23(17)14-6-12-22-21(26)18-10-15-24(16-11-18)19-8-2-3-9-20(19)25(27)28/h2-3,8-9,17-18H,4-7,10-16H2,1H3,(H,22,26)/p+1/t17-/m0/s1. The summed E-state index contributed by atoms with van der Waals surface area (Å²) in [5.41, 5.74) is 0.796. The van der Waals surface area contributed by atoms with Gasteiger partial charge in [-0.1, -0.05) is 12.1 Å². The zero-order valence-corrected chi connectivity index (χ0v) is 16.9. The summed E-state index contributed by atoms with van der Waals surface area (Å²) in [5, 5.41) is 14.3. The SMILES string of the molecule is C[C@H]1CCCC[NH+]1CCCNC(=O)C1CCN(c2ccccc2[N+](=O)[O-])CC1. The van der Waals surface area contributed by atoms with Crippen LogP contribution in [0.1, 0.15) is 45.4 Å². The minimum absolute atomic E-state index is 0.0141. The zero-order valence-electron chi connectivity index (χ0n) is 16.9. The average Bonchev–Trinajstić information content (AvgIpc) is 2.72. The highest BCUT2D eigenvalue weighted by Crippen LogP contribution is 2.31. The van der Waals surface area contributed by atoms with E-state index in [2.05, 4.69) is 12.2 Å². The molecule has 2 heterocycles. The van der Waals surface area contributed by atoms with Crippen LogP contribution >= 0.6 is 0 Å². The Morgan fingerprint density at radius 1 is 1.25 bits per heavy atom. The Morgan fingerprint density at radius 2 is 2.00 bits per heavy atom. The van der Waals surface area contributed by atoms with Gasteiger partial charge in [0.15, 0.2) is 0 Å². The van der Waals surface area contributed by atoms with Crippen LogP contribution in [-0.4, -0.2) is 49.6 Å². The van der Waals surface area contributed by atoms with Gasteiger partial charge < -0.3 is 15.1 Å². The van der Waals surface area contributed by atoms with E-state index in [1.807, 2.05) is 11.0 Å². The Bertz CT molecular complexity index is 673. The van der Waals surface area contributed by atoms with E-state index in [-0.39, 0.29) is 22.4 Å². The number of piperidine rings is 2. The number of para-hydroxylation sites is 2. The van der Waals surface area contributed by atoms with Crippen molar-refractivity contribution in [1.82, 2.24) is 5.32 Å². The summed E-state index contributed by atoms with van der Waals surface area (Å²) in [7, 11) is 0. The summed E-state index contributed by atoms with van der Waals surface area (Å²) in [5.74, 6) is 0.157. The van der Waals surface area contributed by atoms with Gasteiger partial charge in [-0.15, -0.1) is 0 Å². The van der Waals surface area contributed by atoms with E-state index < -0.39 is 0 Å². The van der Waals surface area contributed by atoms with Crippen molar-refractivity contribution in [2.75, 3.05) is 37.6 Å². The van der Waals surface area contributed by atoms with Gasteiger partial charge in [0, 0.05) is 38.0 Å². The third-order valence-corrected chi connectivity index (χ3v) is 6.34. The molecule has 0 aromatic heterocycles. The fraction of sp³-hybridized carbons (Fsp3) is 0.667. The van der Waals surface area contributed by atoms with E-state index in [1.54, 1.807) is 23.1 Å². The molecule has 0 bridgehead atoms. The summed E-state index contributed by atoms with van der Waals surface area (Å²) in [6.07, 6.45) is 6.51. The Hall–Kier alpha value is -2.15. The van der Waals surface area contributed by atoms with Crippen LogP contribution in [0.2, 0.25) is 0 Å². The molecule has 3 rings (SSSR count). The second-order valence-corrected chi connectivity index (χ2v) is 8.21. The van der Waals surface area contributed by atoms with Crippen LogP contribution in [-0.2, 0) is 4.79 Å². The smallest absolute Gasteiger partial charge is 0.292 e. The number of nitrogens with zero attached hydrogens (tertiary/aromatic N) is 2. The molecule has 2 atom stereocenters. The molecule has 7 heteroatoms. The van der Waals surface area contributed by atoms with Crippen molar-refractivity contribution in [2.24, 2.45) is 5.92 Å². The van der Waals surface area contributed by atoms with Crippen LogP contribution in [0.25, 0.3) is 0 Å². The van der Waals surface area contributed by atoms with Gasteiger partial charge in [0.1, 0.15) is 5.69 Å². The second-order valence-electron chi connectivity index (χ2n) is 8.21. The molecule has 0 saturated carbocycles. The number of carbonyl (C=O) groups excluding carboxylic acids is 1. The van der Waals surface area contributed by atoms with Crippen molar-refractivity contribution >= 4 is 17.3 Å². The molecular formula is C21H33N4O3+. The van der Waals surface area contributed by atoms with E-state index in [0.717, 1.165) is 38.4 Å². The molecule has 0 radical (unpaired) electrons. The van der Waals surface area contributed by atoms with Crippen molar-refractivity contribution in [3.63, 3.8) is 0 Å². The Kier molecular flexibility index (Phi) is 7.25. The maximum Gasteiger partial charge on any atom is 0.292 e. The summed E-state index contributed by atoms with van der Waals surface area (Å²) >= 11 is 0. The number of hydrogen-bond acceptors (Lipinski definition) is 4. The summed E-state index contributed by atoms with van der Waals surface area (Å²) in [4.78, 5) is 27.1. The number of hydrogen-bond donors (Lipinski definition) is 2. The van der Waals surface area contributed by atoms with Crippen molar-refractivity contribution in [1.29, 1.82) is 0 Å². The maximum absolute atomic E-state index is 12.5. The fourth-order valence-corrected chi connectivity index (χ4v) is 4.56. The van der Waals surface area contributed by atoms with Gasteiger partial charge in [-0.3, -0.25) is 14.9 Å². The van der Waals surface area contributed by atoms with Crippen LogP contribution < -0.4 is 15.1 Å². The molecule has 1 aromatic carbocycles. The largest absolute Gasteiger partial charge is 0.366 e. The van der Waals surface area contributed by atoms with Gasteiger partial charge >= 0.3 is 0 Å². The number of quaternary nitrogens is 1. The quantitative estimate of drug-likeness (QED) is 0.423. The third kappa shape index (κ3) is 5.22. The van der Waals surface area contributed by atoms with Crippen molar-refractivity contribution in [3.05, 3.63) is 34.4 Å². The molecule has 1 unspecified atom stereocenters. The van der Waals surface area contributed by atoms with Gasteiger partial charge in [-0.2, -0.15) is 0 Å². The molecule has 2 aliphatic rings. The minimum atomic E-state index is -0.334. The number of likely N-dealkylation sites (tertiary alicyclic amines) is 1. The first kappa shape index (κ1) is 20.6. The molecule has 2 aliphatic heterocycles. The monoisotopic (exact) mass is 389 g/mol. The van der Waals surface area contributed by atoms with E-state index >= 15 is 0 Å². The predicted octanol–water partition coefficient (Wildman–Crippen LogP) is 1.77. The van der Waals surface area contributed by atoms with Crippen molar-refractivity contribution in [2.45, 2.75) is 51.5 Å². The topological polar surface area (TPSA) is 79.9 Å². The Morgan fingerprint density at radius 3 is 2.71 bits per heavy atom. The maximum atomic E-state index is 12.5. The molecule has 2 saturated heterocycles. The second kappa shape index (κ2) is 9.87. The number of amides is 1. The molecular weight excluding hydrogens is 356 g/mol. The van der Waals surface area contributed by atoms with E-state index in [4.69, 9.17) is 0 Å². The van der Waals surface area contributed by atoms with E-state index in [0.29, 0.717) is 18.8 Å². The van der Waals surface area contributed by atoms with Crippen LogP contribution in [0.4, 0.5) is 11.4 Å². The average molecular weight is 390 g/mol. The Balaban J connectivity index is 1.40. The molecule has 1 amide bonds. The fourth-order valence-electron chi connectivity index (χ4n) is 4.56. The highest BCUT2D eigenvalue weighted by atomic mass is 16.6. The van der Waals surface area contributed by atoms with Gasteiger partial charge in [0.25, 0.3) is 5.69 Å². The summed E-state index contributed by atoms with van der Waals surface area (Å²) in [6, 6.07) is 7.60. The number of carbonyl (C=O) groups is 1. The highest BCUT2D eigenvalue weighted by Gasteiger charge is 2.28. The summed E-state index contributed by atoms with van der Waals surface area (Å²) in [6.45, 7) is 6.84. The number of nitro groups is 1. The first-order chi connectivity index (χ1) is 13.6. The molecule has 0 aliphatic carbocycles. The van der Waals surface area contributed by atoms with Crippen LogP contribution in [0.15, 0.2) is 24.3 Å². The lowest BCUT2D eigenvalue weighted by atomic mass is 9.95. The molecule has 1 aromatic rings. The Labute approximate surface area is 167 Å². The molecule has 2 fully saturated rings. The lowest BCUT2D eigenvalue weighted by Crippen LogP contribution is -3.16. The van der Waals surface area contributed by atoms with Crippen LogP contribution in [0.3, 0.4) is 0 Å². The third-order valence-electron chi connectivity index (χ3n) is 6.34. The van der Waals surface area contributed by atoms with Crippen LogP contribution in [0, 0.1) is 16.0 Å². The number of benzene rings is 1. The number of nitro benzene ring substituents is 1. The van der Waals surface area contributed by atoms with Gasteiger partial charge in [0.05, 0.1) is 24.1 Å². The lowest BCUT2D eigenvalue weighted by molar-refractivity contribution is -0.928. The highest BCUT2D eigenvalue weighted by molar-refractivity contribution is 5.79. The normalized spacial score (nSPS) is 23.4. The van der Waals surface area contributed by atoms with Gasteiger partial charge in [-0.25, -0.2) is 0 Å². The minimum Gasteiger partial charge on any atom is -0.366 e. The first-order valence-electron chi connectivity index (χ1n) is 10.7. The predicted molar refractivity (Wildman–Crippen MR) is 110 cm³/mol. The number of nitrogens with one attached hydrogen (secondary N) is 2. The van der Waals surface area contributed by atoms with Crippen LogP contribution in [0.5, 0.6) is 0 Å². The van der Waals surface area contributed by atoms with E-state index in [1.165, 1.54) is 25.8 Å². The lowest BCUT2D eigenvalue weighted by Gasteiger charge is -2.32. The molecule has 7 nitrogen and oxygen atoms in total. The molecule has 0 spiro atoms. The first-order valence-corrected chi connectivity index (χ1v) is 10.7. The van der Waals surface area contributed by atoms with Gasteiger partial charge in [-0.05, 0) is 45.1 Å². The zero-order chi connectivity index (χ0) is 19.9. The number of rotatable bonds is 7. The molecule has 2 N–H and O–H groups in total.